The van der Waals surface area contributed by atoms with Gasteiger partial charge < -0.3 is 5.73 Å². The predicted octanol–water partition coefficient (Wildman–Crippen LogP) is 1.44. The average Bonchev–Trinajstić information content (AvgIpc) is 2.04. The lowest BCUT2D eigenvalue weighted by Crippen LogP contribution is -1.88. The van der Waals surface area contributed by atoms with Crippen molar-refractivity contribution in [3.05, 3.63) is 36.4 Å². The van der Waals surface area contributed by atoms with E-state index in [-0.39, 0.29) is 11.0 Å². The number of hydrogen-bond acceptors (Lipinski definition) is 2. The minimum atomic E-state index is 0. The zero-order chi connectivity index (χ0) is 7.68. The number of nitrogens with two attached hydrogens (primary N) is 1. The maximum atomic E-state index is 5.51. The van der Waals surface area contributed by atoms with Crippen LogP contribution >= 0.6 is 0 Å². The lowest BCUT2D eigenvalue weighted by Gasteiger charge is -1.95. The predicted molar refractivity (Wildman–Crippen MR) is 51.9 cm³/mol. The van der Waals surface area contributed by atoms with Gasteiger partial charge in [0.25, 0.3) is 0 Å². The van der Waals surface area contributed by atoms with Gasteiger partial charge in [0.2, 0.25) is 0 Å². The number of aromatic nitrogens is 1. The monoisotopic (exact) mass is 172 g/mol. The molecule has 0 amide bonds. The summed E-state index contributed by atoms with van der Waals surface area (Å²) in [5.74, 6) is 0.573. The first kappa shape index (κ1) is 8.74. The zero-order valence-electron chi connectivity index (χ0n) is 6.49. The summed E-state index contributed by atoms with van der Waals surface area (Å²) < 4.78 is 0. The minimum absolute atomic E-state index is 0. The van der Waals surface area contributed by atoms with Crippen LogP contribution in [-0.4, -0.2) is 15.9 Å². The van der Waals surface area contributed by atoms with Gasteiger partial charge in [-0.15, -0.1) is 0 Å². The number of nitrogen functional groups attached to an aromatic ring is 1. The topological polar surface area (TPSA) is 38.9 Å². The van der Waals surface area contributed by atoms with Crippen molar-refractivity contribution >= 4 is 27.7 Å². The van der Waals surface area contributed by atoms with Gasteiger partial charge in [-0.2, -0.15) is 0 Å². The number of pyridine rings is 1. The molecule has 1 aromatic heterocycles. The molecule has 4 radical (unpaired) electrons. The summed E-state index contributed by atoms with van der Waals surface area (Å²) in [6.45, 7) is 0. The van der Waals surface area contributed by atoms with Gasteiger partial charge in [-0.1, -0.05) is 18.2 Å². The lowest BCUT2D eigenvalue weighted by molar-refractivity contribution is 1.42. The molecule has 12 heavy (non-hydrogen) atoms. The Bertz CT molecular complexity index is 387. The summed E-state index contributed by atoms with van der Waals surface area (Å²) in [4.78, 5) is 4.15. The van der Waals surface area contributed by atoms with E-state index in [0.717, 1.165) is 10.9 Å². The van der Waals surface area contributed by atoms with E-state index in [4.69, 9.17) is 5.73 Å². The standard InChI is InChI=1S/C9H8N2.Si/c10-9-6-5-7-3-1-2-4-8(7)11-9;/h1-6H,(H2,10,11);. The van der Waals surface area contributed by atoms with E-state index >= 15 is 0 Å². The number of benzene rings is 1. The average molecular weight is 172 g/mol. The Morgan fingerprint density at radius 2 is 1.75 bits per heavy atom. The van der Waals surface area contributed by atoms with Gasteiger partial charge in [-0.3, -0.25) is 0 Å². The van der Waals surface area contributed by atoms with E-state index in [2.05, 4.69) is 4.98 Å². The maximum Gasteiger partial charge on any atom is 0.124 e. The number of rotatable bonds is 0. The molecule has 1 heterocycles. The van der Waals surface area contributed by atoms with E-state index in [1.54, 1.807) is 0 Å². The molecule has 0 aliphatic heterocycles. The van der Waals surface area contributed by atoms with E-state index < -0.39 is 0 Å². The van der Waals surface area contributed by atoms with Crippen molar-refractivity contribution in [2.45, 2.75) is 0 Å². The molecule has 0 fully saturated rings. The van der Waals surface area contributed by atoms with Gasteiger partial charge in [0, 0.05) is 16.4 Å². The van der Waals surface area contributed by atoms with Crippen LogP contribution < -0.4 is 5.73 Å². The number of para-hydroxylation sites is 1. The van der Waals surface area contributed by atoms with Crippen LogP contribution in [0.4, 0.5) is 5.82 Å². The highest BCUT2D eigenvalue weighted by molar-refractivity contribution is 5.79. The smallest absolute Gasteiger partial charge is 0.124 e. The van der Waals surface area contributed by atoms with Crippen LogP contribution in [0.2, 0.25) is 0 Å². The molecule has 0 unspecified atom stereocenters. The largest absolute Gasteiger partial charge is 0.384 e. The Morgan fingerprint density at radius 1 is 1.00 bits per heavy atom. The summed E-state index contributed by atoms with van der Waals surface area (Å²) in [6, 6.07) is 11.7. The van der Waals surface area contributed by atoms with E-state index in [1.807, 2.05) is 36.4 Å². The highest BCUT2D eigenvalue weighted by Crippen LogP contribution is 2.11. The Morgan fingerprint density at radius 3 is 2.58 bits per heavy atom. The number of hydrogen-bond donors (Lipinski definition) is 1. The third kappa shape index (κ3) is 1.45. The first-order valence-corrected chi connectivity index (χ1v) is 3.47. The Labute approximate surface area is 75.4 Å². The molecule has 0 bridgehead atoms. The number of fused-ring (bicyclic) bond motifs is 1. The summed E-state index contributed by atoms with van der Waals surface area (Å²) >= 11 is 0. The molecule has 2 nitrogen and oxygen atoms in total. The van der Waals surface area contributed by atoms with E-state index in [0.29, 0.717) is 5.82 Å². The van der Waals surface area contributed by atoms with Crippen LogP contribution in [0.5, 0.6) is 0 Å². The first-order valence-electron chi connectivity index (χ1n) is 3.47. The fourth-order valence-corrected chi connectivity index (χ4v) is 1.08. The van der Waals surface area contributed by atoms with Crippen LogP contribution in [0.1, 0.15) is 0 Å². The van der Waals surface area contributed by atoms with Gasteiger partial charge >= 0.3 is 0 Å². The quantitative estimate of drug-likeness (QED) is 0.611. The third-order valence-corrected chi connectivity index (χ3v) is 1.62. The van der Waals surface area contributed by atoms with Crippen LogP contribution in [-0.2, 0) is 0 Å². The molecule has 0 atom stereocenters. The summed E-state index contributed by atoms with van der Waals surface area (Å²) in [7, 11) is 0. The van der Waals surface area contributed by atoms with Gasteiger partial charge in [-0.05, 0) is 18.2 Å². The van der Waals surface area contributed by atoms with Crippen molar-refractivity contribution in [1.82, 2.24) is 4.98 Å². The molecule has 2 rings (SSSR count). The second kappa shape index (κ2) is 3.36. The SMILES string of the molecule is Nc1ccc2ccccc2n1.[Si]. The Kier molecular flexibility index (Phi) is 2.45. The Balaban J connectivity index is 0.000000720. The van der Waals surface area contributed by atoms with Crippen molar-refractivity contribution in [2.75, 3.05) is 5.73 Å². The highest BCUT2D eigenvalue weighted by Gasteiger charge is 1.91. The number of nitrogens with zero attached hydrogens (tertiary/aromatic N) is 1. The van der Waals surface area contributed by atoms with Crippen molar-refractivity contribution in [2.24, 2.45) is 0 Å². The zero-order valence-corrected chi connectivity index (χ0v) is 7.49. The maximum absolute atomic E-state index is 5.51. The van der Waals surface area contributed by atoms with Crippen LogP contribution in [0.15, 0.2) is 36.4 Å². The van der Waals surface area contributed by atoms with Crippen molar-refractivity contribution < 1.29 is 0 Å². The molecule has 0 saturated heterocycles. The molecule has 1 aromatic carbocycles. The molecular formula is C9H8N2Si. The fourth-order valence-electron chi connectivity index (χ4n) is 1.08. The molecule has 0 spiro atoms. The summed E-state index contributed by atoms with van der Waals surface area (Å²) in [6.07, 6.45) is 0. The van der Waals surface area contributed by atoms with E-state index in [1.165, 1.54) is 0 Å². The van der Waals surface area contributed by atoms with Crippen molar-refractivity contribution in [1.29, 1.82) is 0 Å². The molecule has 58 valence electrons. The second-order valence-electron chi connectivity index (χ2n) is 2.43. The van der Waals surface area contributed by atoms with Crippen LogP contribution in [0.3, 0.4) is 0 Å². The minimum Gasteiger partial charge on any atom is -0.384 e. The molecule has 2 aromatic rings. The van der Waals surface area contributed by atoms with Crippen molar-refractivity contribution in [3.8, 4) is 0 Å². The molecule has 0 aliphatic carbocycles. The molecule has 0 aliphatic rings. The van der Waals surface area contributed by atoms with Crippen LogP contribution in [0, 0.1) is 0 Å². The fraction of sp³-hybridized carbons (Fsp3) is 0. The van der Waals surface area contributed by atoms with Crippen LogP contribution in [0.25, 0.3) is 10.9 Å². The molecule has 0 saturated carbocycles. The lowest BCUT2D eigenvalue weighted by atomic mass is 10.2. The third-order valence-electron chi connectivity index (χ3n) is 1.62. The molecule has 3 heteroatoms. The van der Waals surface area contributed by atoms with Gasteiger partial charge in [-0.25, -0.2) is 4.98 Å². The number of anilines is 1. The van der Waals surface area contributed by atoms with Gasteiger partial charge in [0.05, 0.1) is 5.52 Å². The highest BCUT2D eigenvalue weighted by atomic mass is 28.1. The first-order chi connectivity index (χ1) is 5.36. The van der Waals surface area contributed by atoms with Gasteiger partial charge in [0.15, 0.2) is 0 Å². The molecule has 2 N–H and O–H groups in total. The van der Waals surface area contributed by atoms with Gasteiger partial charge in [0.1, 0.15) is 5.82 Å². The normalized spacial score (nSPS) is 9.33. The Hall–Kier alpha value is -1.35. The second-order valence-corrected chi connectivity index (χ2v) is 2.43. The van der Waals surface area contributed by atoms with Crippen molar-refractivity contribution in [3.63, 3.8) is 0 Å². The summed E-state index contributed by atoms with van der Waals surface area (Å²) in [5, 5.41) is 1.13. The molecular weight excluding hydrogens is 164 g/mol. The van der Waals surface area contributed by atoms with E-state index in [9.17, 15) is 0 Å². The summed E-state index contributed by atoms with van der Waals surface area (Å²) in [5.41, 5.74) is 6.46.